The van der Waals surface area contributed by atoms with Crippen LogP contribution in [0.5, 0.6) is 5.75 Å². The van der Waals surface area contributed by atoms with Crippen molar-refractivity contribution in [3.05, 3.63) is 77.2 Å². The Morgan fingerprint density at radius 1 is 0.970 bits per heavy atom. The number of furan rings is 1. The van der Waals surface area contributed by atoms with Crippen molar-refractivity contribution in [2.75, 3.05) is 7.11 Å². The normalized spacial score (nSPS) is 10.5. The molecule has 6 heteroatoms. The van der Waals surface area contributed by atoms with Crippen LogP contribution in [0.15, 0.2) is 76.1 Å². The molecule has 0 aliphatic rings. The molecule has 2 N–H and O–H groups in total. The number of fused-ring (bicyclic) bond motifs is 1. The van der Waals surface area contributed by atoms with Gasteiger partial charge in [-0.25, -0.2) is 0 Å². The minimum absolute atomic E-state index is 0.163. The van der Waals surface area contributed by atoms with Crippen LogP contribution < -0.4 is 10.3 Å². The van der Waals surface area contributed by atoms with Crippen LogP contribution in [-0.4, -0.2) is 23.2 Å². The van der Waals surface area contributed by atoms with Gasteiger partial charge in [-0.2, -0.15) is 0 Å². The second kappa shape index (κ2) is 11.7. The van der Waals surface area contributed by atoms with Crippen molar-refractivity contribution < 1.29 is 19.1 Å². The third-order valence-corrected chi connectivity index (χ3v) is 5.27. The zero-order chi connectivity index (χ0) is 23.6. The summed E-state index contributed by atoms with van der Waals surface area (Å²) in [5.41, 5.74) is 3.04. The van der Waals surface area contributed by atoms with Gasteiger partial charge < -0.3 is 19.2 Å². The van der Waals surface area contributed by atoms with Crippen molar-refractivity contribution in [2.45, 2.75) is 39.0 Å². The van der Waals surface area contributed by atoms with Crippen LogP contribution in [0.25, 0.3) is 33.4 Å². The predicted octanol–water partition coefficient (Wildman–Crippen LogP) is 6.51. The van der Waals surface area contributed by atoms with E-state index < -0.39 is 5.97 Å². The summed E-state index contributed by atoms with van der Waals surface area (Å²) in [5, 5.41) is 8.77. The van der Waals surface area contributed by atoms with E-state index in [0.717, 1.165) is 41.7 Å². The van der Waals surface area contributed by atoms with E-state index in [1.165, 1.54) is 6.42 Å². The van der Waals surface area contributed by atoms with Crippen LogP contribution in [0.4, 0.5) is 0 Å². The molecule has 0 radical (unpaired) electrons. The molecule has 4 rings (SSSR count). The van der Waals surface area contributed by atoms with Gasteiger partial charge in [0, 0.05) is 23.7 Å². The molecule has 0 aliphatic heterocycles. The number of aromatic nitrogens is 1. The molecule has 0 saturated heterocycles. The highest BCUT2D eigenvalue weighted by Crippen LogP contribution is 2.39. The highest BCUT2D eigenvalue weighted by Gasteiger charge is 2.19. The Morgan fingerprint density at radius 2 is 1.70 bits per heavy atom. The number of rotatable bonds is 8. The van der Waals surface area contributed by atoms with Gasteiger partial charge in [0.15, 0.2) is 0 Å². The van der Waals surface area contributed by atoms with Gasteiger partial charge in [-0.3, -0.25) is 9.59 Å². The maximum Gasteiger partial charge on any atom is 0.303 e. The first-order chi connectivity index (χ1) is 16.0. The summed E-state index contributed by atoms with van der Waals surface area (Å²) < 4.78 is 11.2. The minimum Gasteiger partial charge on any atom is -0.497 e. The van der Waals surface area contributed by atoms with Crippen LogP contribution in [0, 0.1) is 0 Å². The zero-order valence-corrected chi connectivity index (χ0v) is 19.0. The van der Waals surface area contributed by atoms with E-state index >= 15 is 0 Å². The largest absolute Gasteiger partial charge is 0.497 e. The molecule has 0 saturated carbocycles. The summed E-state index contributed by atoms with van der Waals surface area (Å²) >= 11 is 0. The van der Waals surface area contributed by atoms with Crippen molar-refractivity contribution in [1.29, 1.82) is 0 Å². The fourth-order valence-corrected chi connectivity index (χ4v) is 3.59. The number of methoxy groups -OCH3 is 1. The maximum absolute atomic E-state index is 12.4. The molecule has 0 spiro atoms. The van der Waals surface area contributed by atoms with Gasteiger partial charge in [-0.1, -0.05) is 68.7 Å². The lowest BCUT2D eigenvalue weighted by atomic mass is 9.99. The summed E-state index contributed by atoms with van der Waals surface area (Å²) in [6.45, 7) is 2.11. The van der Waals surface area contributed by atoms with E-state index in [1.807, 2.05) is 54.6 Å². The number of carbonyl (C=O) groups is 1. The van der Waals surface area contributed by atoms with E-state index in [2.05, 4.69) is 11.9 Å². The van der Waals surface area contributed by atoms with Crippen molar-refractivity contribution >= 4 is 16.9 Å². The summed E-state index contributed by atoms with van der Waals surface area (Å²) in [6, 6.07) is 19.2. The first-order valence-electron chi connectivity index (χ1n) is 11.1. The molecule has 2 heterocycles. The number of carboxylic acids is 1. The first-order valence-corrected chi connectivity index (χ1v) is 11.1. The molecule has 0 atom stereocenters. The molecule has 2 aromatic heterocycles. The molecule has 2 aromatic carbocycles. The third-order valence-electron chi connectivity index (χ3n) is 5.27. The number of unbranched alkanes of at least 4 members (excludes halogenated alkanes) is 3. The van der Waals surface area contributed by atoms with Crippen LogP contribution in [0.2, 0.25) is 0 Å². The highest BCUT2D eigenvalue weighted by atomic mass is 16.5. The van der Waals surface area contributed by atoms with E-state index in [4.69, 9.17) is 14.3 Å². The van der Waals surface area contributed by atoms with Crippen molar-refractivity contribution in [3.63, 3.8) is 0 Å². The average molecular weight is 448 g/mol. The second-order valence-corrected chi connectivity index (χ2v) is 7.65. The Balaban J connectivity index is 0.000000292. The monoisotopic (exact) mass is 447 g/mol. The van der Waals surface area contributed by atoms with Crippen molar-refractivity contribution in [1.82, 2.24) is 4.98 Å². The fraction of sp³-hybridized carbons (Fsp3) is 0.259. The van der Waals surface area contributed by atoms with Crippen LogP contribution in [0.3, 0.4) is 0 Å². The number of aliphatic carboxylic acids is 1. The van der Waals surface area contributed by atoms with Gasteiger partial charge in [0.2, 0.25) is 0 Å². The minimum atomic E-state index is -0.675. The molecular weight excluding hydrogens is 418 g/mol. The Bertz CT molecular complexity index is 1220. The Kier molecular flexibility index (Phi) is 8.47. The van der Waals surface area contributed by atoms with Gasteiger partial charge in [-0.05, 0) is 30.2 Å². The van der Waals surface area contributed by atoms with E-state index in [1.54, 1.807) is 19.4 Å². The lowest BCUT2D eigenvalue weighted by molar-refractivity contribution is -0.137. The Morgan fingerprint density at radius 3 is 2.33 bits per heavy atom. The van der Waals surface area contributed by atoms with E-state index in [-0.39, 0.29) is 5.56 Å². The number of H-pyrrole nitrogens is 1. The molecule has 0 fully saturated rings. The molecule has 172 valence electrons. The molecule has 0 amide bonds. The smallest absolute Gasteiger partial charge is 0.303 e. The molecule has 6 nitrogen and oxygen atoms in total. The van der Waals surface area contributed by atoms with E-state index in [0.29, 0.717) is 23.2 Å². The van der Waals surface area contributed by atoms with Crippen molar-refractivity contribution in [2.24, 2.45) is 0 Å². The number of aromatic amines is 1. The SMILES string of the molecule is CCCCCCC(=O)O.COc1ccc(-c2c(-c3ccccc3)oc3cc[nH]c(=O)c23)cc1. The number of carboxylic acid groups (broad SMARTS) is 1. The van der Waals surface area contributed by atoms with Crippen molar-refractivity contribution in [3.8, 4) is 28.2 Å². The number of benzene rings is 2. The number of nitrogens with one attached hydrogen (secondary N) is 1. The molecule has 0 unspecified atom stereocenters. The fourth-order valence-electron chi connectivity index (χ4n) is 3.59. The maximum atomic E-state index is 12.4. The van der Waals surface area contributed by atoms with Gasteiger partial charge in [0.1, 0.15) is 17.1 Å². The van der Waals surface area contributed by atoms with Crippen LogP contribution in [-0.2, 0) is 4.79 Å². The molecule has 33 heavy (non-hydrogen) atoms. The second-order valence-electron chi connectivity index (χ2n) is 7.65. The summed E-state index contributed by atoms with van der Waals surface area (Å²) in [4.78, 5) is 25.1. The van der Waals surface area contributed by atoms with Gasteiger partial charge >= 0.3 is 5.97 Å². The predicted molar refractivity (Wildman–Crippen MR) is 131 cm³/mol. The van der Waals surface area contributed by atoms with Gasteiger partial charge in [0.05, 0.1) is 12.5 Å². The third kappa shape index (κ3) is 6.13. The van der Waals surface area contributed by atoms with E-state index in [9.17, 15) is 9.59 Å². The molecule has 0 aliphatic carbocycles. The van der Waals surface area contributed by atoms with Crippen LogP contribution >= 0.6 is 0 Å². The summed E-state index contributed by atoms with van der Waals surface area (Å²) in [7, 11) is 1.63. The highest BCUT2D eigenvalue weighted by molar-refractivity contribution is 6.01. The molecule has 4 aromatic rings. The standard InChI is InChI=1S/C20H15NO3.C7H14O2/c1-23-15-9-7-13(8-10-15)17-18-16(11-12-21-20(18)22)24-19(17)14-5-3-2-4-6-14;1-2-3-4-5-6-7(8)9/h2-12H,1H3,(H,21,22);2-6H2,1H3,(H,8,9). The number of pyridine rings is 1. The van der Waals surface area contributed by atoms with Crippen LogP contribution in [0.1, 0.15) is 39.0 Å². The van der Waals surface area contributed by atoms with Gasteiger partial charge in [0.25, 0.3) is 5.56 Å². The number of hydrogen-bond acceptors (Lipinski definition) is 4. The topological polar surface area (TPSA) is 92.5 Å². The first kappa shape index (κ1) is 23.9. The molecule has 0 bridgehead atoms. The zero-order valence-electron chi connectivity index (χ0n) is 19.0. The lowest BCUT2D eigenvalue weighted by Gasteiger charge is -2.05. The quantitative estimate of drug-likeness (QED) is 0.301. The number of ether oxygens (including phenoxy) is 1. The Hall–Kier alpha value is -3.80. The van der Waals surface area contributed by atoms with Gasteiger partial charge in [-0.15, -0.1) is 0 Å². The average Bonchev–Trinajstić information content (AvgIpc) is 3.24. The summed E-state index contributed by atoms with van der Waals surface area (Å²) in [6.07, 6.45) is 6.15. The Labute approximate surface area is 192 Å². The lowest BCUT2D eigenvalue weighted by Crippen LogP contribution is -2.04. The molecular formula is C27H29NO5. The summed E-state index contributed by atoms with van der Waals surface area (Å²) in [5.74, 6) is 0.778. The number of hydrogen-bond donors (Lipinski definition) is 2.